The van der Waals surface area contributed by atoms with Crippen molar-refractivity contribution in [3.05, 3.63) is 98.6 Å². The molecule has 2 aliphatic rings. The Bertz CT molecular complexity index is 1990. The molecule has 274 valence electrons. The molecule has 3 aromatic rings. The summed E-state index contributed by atoms with van der Waals surface area (Å²) in [6.07, 6.45) is -1.56. The maximum Gasteiger partial charge on any atom is 0.338 e. The highest BCUT2D eigenvalue weighted by Gasteiger charge is 2.32. The van der Waals surface area contributed by atoms with Crippen LogP contribution in [0.4, 0.5) is 5.69 Å². The lowest BCUT2D eigenvalue weighted by Gasteiger charge is -2.27. The van der Waals surface area contributed by atoms with Crippen LogP contribution >= 0.6 is 0 Å². The Morgan fingerprint density at radius 3 is 1.78 bits per heavy atom. The second kappa shape index (κ2) is 15.9. The first-order valence-corrected chi connectivity index (χ1v) is 18.9. The van der Waals surface area contributed by atoms with E-state index in [-0.39, 0.29) is 84.8 Å². The topological polar surface area (TPSA) is 212 Å². The summed E-state index contributed by atoms with van der Waals surface area (Å²) in [5, 5.41) is 25.1. The molecule has 0 aliphatic carbocycles. The van der Waals surface area contributed by atoms with E-state index in [0.29, 0.717) is 11.1 Å². The van der Waals surface area contributed by atoms with E-state index in [1.54, 1.807) is 13.8 Å². The van der Waals surface area contributed by atoms with Gasteiger partial charge in [-0.2, -0.15) is 8.61 Å². The van der Waals surface area contributed by atoms with Crippen LogP contribution in [0, 0.1) is 24.0 Å². The van der Waals surface area contributed by atoms with Gasteiger partial charge >= 0.3 is 5.97 Å². The highest BCUT2D eigenvalue weighted by molar-refractivity contribution is 7.89. The molecule has 2 heterocycles. The second-order valence-electron chi connectivity index (χ2n) is 12.0. The largest absolute Gasteiger partial charge is 0.460 e. The highest BCUT2D eigenvalue weighted by atomic mass is 32.2. The molecular weight excluding hydrogens is 709 g/mol. The number of nitro groups is 1. The van der Waals surface area contributed by atoms with E-state index in [1.807, 2.05) is 0 Å². The van der Waals surface area contributed by atoms with Crippen LogP contribution in [0.5, 0.6) is 0 Å². The lowest BCUT2D eigenvalue weighted by atomic mass is 10.0. The van der Waals surface area contributed by atoms with Gasteiger partial charge in [0.1, 0.15) is 12.7 Å². The van der Waals surface area contributed by atoms with Crippen molar-refractivity contribution in [2.45, 2.75) is 35.8 Å². The number of esters is 1. The molecule has 0 saturated carbocycles. The van der Waals surface area contributed by atoms with Crippen LogP contribution in [-0.4, -0.2) is 113 Å². The van der Waals surface area contributed by atoms with Gasteiger partial charge in [0.15, 0.2) is 0 Å². The first-order chi connectivity index (χ1) is 24.2. The number of aliphatic hydroxyl groups is 1. The minimum atomic E-state index is -3.98. The van der Waals surface area contributed by atoms with Gasteiger partial charge in [-0.05, 0) is 66.9 Å². The maximum atomic E-state index is 13.6. The number of benzene rings is 3. The van der Waals surface area contributed by atoms with Crippen molar-refractivity contribution in [3.8, 4) is 0 Å². The van der Waals surface area contributed by atoms with Crippen molar-refractivity contribution in [1.29, 1.82) is 0 Å². The number of nitrogens with zero attached hydrogens (tertiary/aromatic N) is 3. The smallest absolute Gasteiger partial charge is 0.338 e. The van der Waals surface area contributed by atoms with Crippen LogP contribution in [-0.2, 0) is 34.3 Å². The summed E-state index contributed by atoms with van der Waals surface area (Å²) in [6.45, 7) is 4.10. The number of non-ortho nitro benzene ring substituents is 1. The Hall–Kier alpha value is -4.30. The molecule has 0 bridgehead atoms. The molecule has 5 rings (SSSR count). The number of nitro benzene ring substituents is 1. The number of carbonyl (C=O) groups excluding carboxylic acids is 2. The third kappa shape index (κ3) is 8.61. The number of amides is 1. The van der Waals surface area contributed by atoms with Crippen LogP contribution in [0.15, 0.2) is 70.5 Å². The van der Waals surface area contributed by atoms with E-state index in [0.717, 1.165) is 12.1 Å². The van der Waals surface area contributed by atoms with E-state index >= 15 is 0 Å². The fourth-order valence-corrected chi connectivity index (χ4v) is 8.93. The van der Waals surface area contributed by atoms with Crippen LogP contribution in [0.3, 0.4) is 0 Å². The van der Waals surface area contributed by atoms with Gasteiger partial charge in [-0.3, -0.25) is 14.9 Å². The standard InChI is InChI=1S/C33H38N4O12S2/c1-22-3-5-25(19-29(22)50(43,44)35-11-15-47-16-12-35)32(39)34-28(31(38)24-7-9-27(10-8-24)37(41)42)21-49-33(40)26-6-4-23(2)30(20-26)51(45,46)36-13-17-48-18-14-36/h3-10,19-20,28,31,38H,11-18,21H2,1-2H3,(H,34,39)/t28-,31-/m0/s1. The van der Waals surface area contributed by atoms with Gasteiger partial charge in [0, 0.05) is 43.9 Å². The van der Waals surface area contributed by atoms with Crippen molar-refractivity contribution in [3.63, 3.8) is 0 Å². The Labute approximate surface area is 295 Å². The molecule has 0 aromatic heterocycles. The summed E-state index contributed by atoms with van der Waals surface area (Å²) in [4.78, 5) is 37.3. The summed E-state index contributed by atoms with van der Waals surface area (Å²) < 4.78 is 72.1. The number of ether oxygens (including phenoxy) is 3. The number of sulfonamides is 2. The van der Waals surface area contributed by atoms with Crippen molar-refractivity contribution in [2.75, 3.05) is 59.2 Å². The van der Waals surface area contributed by atoms with Crippen LogP contribution in [0.2, 0.25) is 0 Å². The monoisotopic (exact) mass is 746 g/mol. The maximum absolute atomic E-state index is 13.6. The second-order valence-corrected chi connectivity index (χ2v) is 15.8. The average molecular weight is 747 g/mol. The summed E-state index contributed by atoms with van der Waals surface area (Å²) in [5.74, 6) is -1.75. The van der Waals surface area contributed by atoms with E-state index in [9.17, 15) is 41.6 Å². The molecule has 0 spiro atoms. The molecule has 2 atom stereocenters. The van der Waals surface area contributed by atoms with E-state index in [2.05, 4.69) is 5.32 Å². The lowest BCUT2D eigenvalue weighted by molar-refractivity contribution is -0.384. The molecule has 3 aromatic carbocycles. The summed E-state index contributed by atoms with van der Waals surface area (Å²) in [5.41, 5.74) is 0.562. The lowest BCUT2D eigenvalue weighted by Crippen LogP contribution is -2.43. The van der Waals surface area contributed by atoms with Crippen molar-refractivity contribution >= 4 is 37.6 Å². The van der Waals surface area contributed by atoms with E-state index < -0.39 is 55.6 Å². The fraction of sp³-hybridized carbons (Fsp3) is 0.394. The quantitative estimate of drug-likeness (QED) is 0.155. The number of morpholine rings is 2. The molecule has 2 aliphatic heterocycles. The minimum absolute atomic E-state index is 0.0591. The van der Waals surface area contributed by atoms with Crippen LogP contribution < -0.4 is 5.32 Å². The molecule has 18 heteroatoms. The SMILES string of the molecule is Cc1ccc(C(=O)N[C@@H](COC(=O)c2ccc(C)c(S(=O)(=O)N3CCOCC3)c2)[C@@H](O)c2ccc([N+](=O)[O-])cc2)cc1S(=O)(=O)N1CCOCC1. The highest BCUT2D eigenvalue weighted by Crippen LogP contribution is 2.26. The van der Waals surface area contributed by atoms with Gasteiger partial charge in [0.2, 0.25) is 20.0 Å². The zero-order valence-electron chi connectivity index (χ0n) is 27.9. The molecule has 1 amide bonds. The Morgan fingerprint density at radius 2 is 1.29 bits per heavy atom. The third-order valence-electron chi connectivity index (χ3n) is 8.59. The zero-order chi connectivity index (χ0) is 36.9. The van der Waals surface area contributed by atoms with Crippen molar-refractivity contribution < 1.29 is 50.7 Å². The Balaban J connectivity index is 1.39. The first kappa shape index (κ1) is 37.9. The third-order valence-corrected chi connectivity index (χ3v) is 12.7. The molecule has 16 nitrogen and oxygen atoms in total. The number of carbonyl (C=O) groups is 2. The predicted octanol–water partition coefficient (Wildman–Crippen LogP) is 1.94. The van der Waals surface area contributed by atoms with Gasteiger partial charge in [-0.1, -0.05) is 12.1 Å². The predicted molar refractivity (Wildman–Crippen MR) is 181 cm³/mol. The molecule has 0 radical (unpaired) electrons. The number of hydrogen-bond donors (Lipinski definition) is 2. The molecule has 0 unspecified atom stereocenters. The zero-order valence-corrected chi connectivity index (χ0v) is 29.5. The van der Waals surface area contributed by atoms with Gasteiger partial charge in [-0.25, -0.2) is 21.6 Å². The van der Waals surface area contributed by atoms with Gasteiger partial charge in [0.05, 0.1) is 52.7 Å². The van der Waals surface area contributed by atoms with Gasteiger partial charge in [-0.15, -0.1) is 0 Å². The summed E-state index contributed by atoms with van der Waals surface area (Å²) in [7, 11) is -7.94. The number of aliphatic hydroxyl groups excluding tert-OH is 1. The average Bonchev–Trinajstić information content (AvgIpc) is 3.13. The number of nitrogens with one attached hydrogen (secondary N) is 1. The summed E-state index contributed by atoms with van der Waals surface area (Å²) in [6, 6.07) is 11.7. The molecule has 51 heavy (non-hydrogen) atoms. The van der Waals surface area contributed by atoms with Gasteiger partial charge < -0.3 is 24.6 Å². The molecule has 2 fully saturated rings. The van der Waals surface area contributed by atoms with Crippen molar-refractivity contribution in [2.24, 2.45) is 0 Å². The van der Waals surface area contributed by atoms with Crippen LogP contribution in [0.25, 0.3) is 0 Å². The Morgan fingerprint density at radius 1 is 0.824 bits per heavy atom. The molecule has 2 N–H and O–H groups in total. The fourth-order valence-electron chi connectivity index (χ4n) is 5.61. The number of hydrogen-bond acceptors (Lipinski definition) is 12. The van der Waals surface area contributed by atoms with E-state index in [4.69, 9.17) is 14.2 Å². The van der Waals surface area contributed by atoms with E-state index in [1.165, 1.54) is 57.1 Å². The first-order valence-electron chi connectivity index (χ1n) is 16.0. The van der Waals surface area contributed by atoms with Gasteiger partial charge in [0.25, 0.3) is 11.6 Å². The molecular formula is C33H38N4O12S2. The summed E-state index contributed by atoms with van der Waals surface area (Å²) >= 11 is 0. The number of rotatable bonds is 12. The number of aryl methyl sites for hydroxylation is 2. The normalized spacial score (nSPS) is 17.3. The minimum Gasteiger partial charge on any atom is -0.460 e. The van der Waals surface area contributed by atoms with Crippen molar-refractivity contribution in [1.82, 2.24) is 13.9 Å². The molecule has 2 saturated heterocycles. The Kier molecular flexibility index (Phi) is 11.9. The van der Waals surface area contributed by atoms with Crippen LogP contribution in [0.1, 0.15) is 43.5 Å².